The summed E-state index contributed by atoms with van der Waals surface area (Å²) in [6.45, 7) is 4.99. The number of pyridine rings is 1. The molecule has 2 atom stereocenters. The Hall–Kier alpha value is -2.46. The van der Waals surface area contributed by atoms with E-state index < -0.39 is 6.17 Å². The molecule has 4 rings (SSSR count). The Balaban J connectivity index is 1.57. The minimum atomic E-state index is -0.893. The Morgan fingerprint density at radius 2 is 2.13 bits per heavy atom. The molecule has 0 unspecified atom stereocenters. The molecule has 0 spiro atoms. The maximum atomic E-state index is 14.3. The molecule has 30 heavy (non-hydrogen) atoms. The van der Waals surface area contributed by atoms with E-state index in [0.717, 1.165) is 24.0 Å². The van der Waals surface area contributed by atoms with Gasteiger partial charge < -0.3 is 19.9 Å². The van der Waals surface area contributed by atoms with Gasteiger partial charge in [0.1, 0.15) is 35.8 Å². The van der Waals surface area contributed by atoms with Crippen molar-refractivity contribution in [3.63, 3.8) is 0 Å². The summed E-state index contributed by atoms with van der Waals surface area (Å²) >= 11 is 1.58. The third kappa shape index (κ3) is 4.06. The SMILES string of the molecule is CS[C@@H]1CCN(c2nccc(Nc3cc4c(cn3)nc(CO)n4C(C)C)n2)C[C@@H]1F. The van der Waals surface area contributed by atoms with Crippen LogP contribution in [0, 0.1) is 0 Å². The summed E-state index contributed by atoms with van der Waals surface area (Å²) in [4.78, 5) is 19.7. The number of nitrogens with one attached hydrogen (secondary N) is 1. The van der Waals surface area contributed by atoms with Gasteiger partial charge in [0.15, 0.2) is 0 Å². The second-order valence-corrected chi connectivity index (χ2v) is 8.68. The summed E-state index contributed by atoms with van der Waals surface area (Å²) in [5, 5.41) is 12.9. The molecule has 1 aliphatic rings. The molecule has 3 aromatic heterocycles. The molecule has 0 aliphatic carbocycles. The molecule has 4 heterocycles. The molecule has 0 aromatic carbocycles. The van der Waals surface area contributed by atoms with Crippen LogP contribution in [-0.4, -0.2) is 60.4 Å². The molecule has 0 bridgehead atoms. The van der Waals surface area contributed by atoms with Crippen molar-refractivity contribution < 1.29 is 9.50 Å². The highest BCUT2D eigenvalue weighted by Crippen LogP contribution is 2.27. The highest BCUT2D eigenvalue weighted by atomic mass is 32.2. The zero-order chi connectivity index (χ0) is 21.3. The summed E-state index contributed by atoms with van der Waals surface area (Å²) in [6.07, 6.45) is 5.17. The standard InChI is InChI=1S/C20H26FN7OS/c1-12(2)28-15-8-18(23-9-14(15)24-19(28)11-29)25-17-4-6-22-20(26-17)27-7-5-16(30-3)13(21)10-27/h4,6,8-9,12-13,16,29H,5,7,10-11H2,1-3H3,(H,22,23,25,26)/t13-,16+/m0/s1. The van der Waals surface area contributed by atoms with Crippen LogP contribution in [0.3, 0.4) is 0 Å². The number of nitrogens with zero attached hydrogens (tertiary/aromatic N) is 6. The van der Waals surface area contributed by atoms with Gasteiger partial charge in [0, 0.05) is 30.1 Å². The molecule has 10 heteroatoms. The summed E-state index contributed by atoms with van der Waals surface area (Å²) in [7, 11) is 0. The summed E-state index contributed by atoms with van der Waals surface area (Å²) in [5.74, 6) is 2.32. The van der Waals surface area contributed by atoms with Crippen molar-refractivity contribution in [1.29, 1.82) is 0 Å². The van der Waals surface area contributed by atoms with Crippen LogP contribution < -0.4 is 10.2 Å². The van der Waals surface area contributed by atoms with E-state index in [1.165, 1.54) is 0 Å². The summed E-state index contributed by atoms with van der Waals surface area (Å²) in [6, 6.07) is 3.80. The highest BCUT2D eigenvalue weighted by molar-refractivity contribution is 7.99. The van der Waals surface area contributed by atoms with Crippen molar-refractivity contribution in [2.24, 2.45) is 0 Å². The molecule has 0 amide bonds. The van der Waals surface area contributed by atoms with Gasteiger partial charge in [0.2, 0.25) is 5.95 Å². The first-order valence-corrected chi connectivity index (χ1v) is 11.3. The Morgan fingerprint density at radius 3 is 2.83 bits per heavy atom. The first-order valence-electron chi connectivity index (χ1n) is 9.99. The molecule has 1 fully saturated rings. The smallest absolute Gasteiger partial charge is 0.227 e. The van der Waals surface area contributed by atoms with Gasteiger partial charge >= 0.3 is 0 Å². The van der Waals surface area contributed by atoms with Gasteiger partial charge in [-0.2, -0.15) is 16.7 Å². The van der Waals surface area contributed by atoms with Crippen LogP contribution in [0.25, 0.3) is 11.0 Å². The number of fused-ring (bicyclic) bond motifs is 1. The van der Waals surface area contributed by atoms with Crippen LogP contribution >= 0.6 is 11.8 Å². The maximum absolute atomic E-state index is 14.3. The van der Waals surface area contributed by atoms with Crippen molar-refractivity contribution in [1.82, 2.24) is 24.5 Å². The Labute approximate surface area is 179 Å². The molecule has 3 aromatic rings. The van der Waals surface area contributed by atoms with E-state index in [1.807, 2.05) is 35.6 Å². The predicted molar refractivity (Wildman–Crippen MR) is 118 cm³/mol. The lowest BCUT2D eigenvalue weighted by Crippen LogP contribution is -2.44. The topological polar surface area (TPSA) is 92.0 Å². The van der Waals surface area contributed by atoms with Gasteiger partial charge in [0.25, 0.3) is 0 Å². The van der Waals surface area contributed by atoms with Crippen molar-refractivity contribution in [2.75, 3.05) is 29.6 Å². The average molecular weight is 432 g/mol. The Morgan fingerprint density at radius 1 is 1.30 bits per heavy atom. The number of anilines is 3. The van der Waals surface area contributed by atoms with Crippen LogP contribution in [0.15, 0.2) is 24.5 Å². The number of imidazole rings is 1. The van der Waals surface area contributed by atoms with Crippen molar-refractivity contribution in [3.05, 3.63) is 30.4 Å². The highest BCUT2D eigenvalue weighted by Gasteiger charge is 2.29. The summed E-state index contributed by atoms with van der Waals surface area (Å²) in [5.41, 5.74) is 1.62. The fourth-order valence-electron chi connectivity index (χ4n) is 3.84. The normalized spacial score (nSPS) is 19.6. The average Bonchev–Trinajstić information content (AvgIpc) is 3.12. The first kappa shape index (κ1) is 20.8. The third-order valence-corrected chi connectivity index (χ3v) is 6.41. The molecule has 0 saturated carbocycles. The number of rotatable bonds is 6. The van der Waals surface area contributed by atoms with Crippen LogP contribution in [-0.2, 0) is 6.61 Å². The van der Waals surface area contributed by atoms with Gasteiger partial charge in [-0.3, -0.25) is 0 Å². The van der Waals surface area contributed by atoms with E-state index in [4.69, 9.17) is 0 Å². The second-order valence-electron chi connectivity index (χ2n) is 7.60. The van der Waals surface area contributed by atoms with Crippen molar-refractivity contribution in [2.45, 2.75) is 44.3 Å². The van der Waals surface area contributed by atoms with Gasteiger partial charge in [-0.25, -0.2) is 19.3 Å². The molecule has 1 aliphatic heterocycles. The monoisotopic (exact) mass is 431 g/mol. The van der Waals surface area contributed by atoms with Crippen molar-refractivity contribution >= 4 is 40.4 Å². The zero-order valence-corrected chi connectivity index (χ0v) is 18.1. The molecule has 8 nitrogen and oxygen atoms in total. The minimum absolute atomic E-state index is 0.0353. The van der Waals surface area contributed by atoms with E-state index in [-0.39, 0.29) is 17.9 Å². The van der Waals surface area contributed by atoms with Crippen molar-refractivity contribution in [3.8, 4) is 0 Å². The number of aromatic nitrogens is 5. The zero-order valence-electron chi connectivity index (χ0n) is 17.3. The number of thioether (sulfide) groups is 1. The molecule has 0 radical (unpaired) electrons. The number of hydrogen-bond donors (Lipinski definition) is 2. The second kappa shape index (κ2) is 8.73. The van der Waals surface area contributed by atoms with E-state index in [0.29, 0.717) is 30.0 Å². The molecule has 1 saturated heterocycles. The largest absolute Gasteiger partial charge is 0.388 e. The minimum Gasteiger partial charge on any atom is -0.388 e. The lowest BCUT2D eigenvalue weighted by molar-refractivity contribution is 0.263. The number of hydrogen-bond acceptors (Lipinski definition) is 8. The van der Waals surface area contributed by atoms with Gasteiger partial charge in [-0.15, -0.1) is 0 Å². The Kier molecular flexibility index (Phi) is 6.05. The molecular weight excluding hydrogens is 405 g/mol. The fraction of sp³-hybridized carbons (Fsp3) is 0.500. The lowest BCUT2D eigenvalue weighted by Gasteiger charge is -2.33. The number of alkyl halides is 1. The lowest BCUT2D eigenvalue weighted by atomic mass is 10.1. The van der Waals surface area contributed by atoms with Gasteiger partial charge in [-0.1, -0.05) is 0 Å². The number of halogens is 1. The van der Waals surface area contributed by atoms with Crippen LogP contribution in [0.5, 0.6) is 0 Å². The third-order valence-electron chi connectivity index (χ3n) is 5.27. The summed E-state index contributed by atoms with van der Waals surface area (Å²) < 4.78 is 16.3. The van der Waals surface area contributed by atoms with Crippen LogP contribution in [0.4, 0.5) is 22.0 Å². The maximum Gasteiger partial charge on any atom is 0.227 e. The van der Waals surface area contributed by atoms with Crippen LogP contribution in [0.2, 0.25) is 0 Å². The number of piperidine rings is 1. The van der Waals surface area contributed by atoms with E-state index in [1.54, 1.807) is 30.2 Å². The molecule has 2 N–H and O–H groups in total. The predicted octanol–water partition coefficient (Wildman–Crippen LogP) is 3.32. The van der Waals surface area contributed by atoms with E-state index in [9.17, 15) is 9.50 Å². The fourth-order valence-corrected chi connectivity index (χ4v) is 4.56. The van der Waals surface area contributed by atoms with E-state index in [2.05, 4.69) is 25.3 Å². The Bertz CT molecular complexity index is 1030. The molecule has 160 valence electrons. The first-order chi connectivity index (χ1) is 14.5. The van der Waals surface area contributed by atoms with E-state index >= 15 is 0 Å². The van der Waals surface area contributed by atoms with Crippen LogP contribution in [0.1, 0.15) is 32.1 Å². The molecular formula is C20H26FN7OS. The number of aliphatic hydroxyl groups excluding tert-OH is 1. The quantitative estimate of drug-likeness (QED) is 0.614. The number of aliphatic hydroxyl groups is 1. The van der Waals surface area contributed by atoms with Gasteiger partial charge in [0.05, 0.1) is 18.3 Å². The van der Waals surface area contributed by atoms with Gasteiger partial charge in [-0.05, 0) is 32.6 Å².